The molecule has 0 unspecified atom stereocenters. The molecular weight excluding hydrogens is 204 g/mol. The molecule has 0 spiro atoms. The standard InChI is InChI=1S/C9H9ClN2S/c1-5(11)8-4-6-7(13-8)2-3-9(10)12-6/h2-5H,11H2,1H3/t5-/m0/s1. The van der Waals surface area contributed by atoms with Crippen molar-refractivity contribution in [2.75, 3.05) is 0 Å². The van der Waals surface area contributed by atoms with E-state index in [0.717, 1.165) is 15.1 Å². The number of thiophene rings is 1. The Kier molecular flexibility index (Phi) is 2.24. The molecule has 2 heterocycles. The molecule has 13 heavy (non-hydrogen) atoms. The third kappa shape index (κ3) is 1.68. The minimum Gasteiger partial charge on any atom is -0.324 e. The lowest BCUT2D eigenvalue weighted by molar-refractivity contribution is 0.839. The predicted molar refractivity (Wildman–Crippen MR) is 57.2 cm³/mol. The quantitative estimate of drug-likeness (QED) is 0.739. The zero-order chi connectivity index (χ0) is 9.42. The molecule has 4 heteroatoms. The van der Waals surface area contributed by atoms with Crippen LogP contribution in [-0.4, -0.2) is 4.98 Å². The van der Waals surface area contributed by atoms with Crippen LogP contribution in [0.2, 0.25) is 5.15 Å². The molecule has 0 amide bonds. The normalized spacial score (nSPS) is 13.5. The summed E-state index contributed by atoms with van der Waals surface area (Å²) >= 11 is 7.44. The van der Waals surface area contributed by atoms with Crippen molar-refractivity contribution in [2.24, 2.45) is 5.73 Å². The molecule has 1 atom stereocenters. The van der Waals surface area contributed by atoms with E-state index in [1.807, 2.05) is 19.1 Å². The van der Waals surface area contributed by atoms with Gasteiger partial charge < -0.3 is 5.73 Å². The van der Waals surface area contributed by atoms with Crippen LogP contribution >= 0.6 is 22.9 Å². The van der Waals surface area contributed by atoms with Gasteiger partial charge in [-0.2, -0.15) is 0 Å². The Morgan fingerprint density at radius 3 is 3.00 bits per heavy atom. The van der Waals surface area contributed by atoms with Gasteiger partial charge in [0.15, 0.2) is 0 Å². The lowest BCUT2D eigenvalue weighted by Gasteiger charge is -1.96. The number of nitrogens with zero attached hydrogens (tertiary/aromatic N) is 1. The van der Waals surface area contributed by atoms with Crippen molar-refractivity contribution in [2.45, 2.75) is 13.0 Å². The summed E-state index contributed by atoms with van der Waals surface area (Å²) in [6, 6.07) is 5.83. The van der Waals surface area contributed by atoms with E-state index in [0.29, 0.717) is 5.15 Å². The summed E-state index contributed by atoms with van der Waals surface area (Å²) < 4.78 is 1.14. The first kappa shape index (κ1) is 8.94. The fourth-order valence-electron chi connectivity index (χ4n) is 1.14. The molecule has 0 saturated heterocycles. The molecule has 0 aliphatic rings. The van der Waals surface area contributed by atoms with Gasteiger partial charge in [0.2, 0.25) is 0 Å². The summed E-state index contributed by atoms with van der Waals surface area (Å²) in [4.78, 5) is 5.34. The fourth-order valence-corrected chi connectivity index (χ4v) is 2.25. The highest BCUT2D eigenvalue weighted by Crippen LogP contribution is 2.28. The topological polar surface area (TPSA) is 38.9 Å². The van der Waals surface area contributed by atoms with E-state index < -0.39 is 0 Å². The van der Waals surface area contributed by atoms with E-state index in [1.165, 1.54) is 0 Å². The molecule has 0 radical (unpaired) electrons. The maximum absolute atomic E-state index is 5.77. The molecule has 0 saturated carbocycles. The van der Waals surface area contributed by atoms with Crippen LogP contribution in [0.25, 0.3) is 10.2 Å². The van der Waals surface area contributed by atoms with E-state index in [4.69, 9.17) is 17.3 Å². The highest BCUT2D eigenvalue weighted by molar-refractivity contribution is 7.19. The van der Waals surface area contributed by atoms with Crippen molar-refractivity contribution in [1.29, 1.82) is 0 Å². The summed E-state index contributed by atoms with van der Waals surface area (Å²) in [5, 5.41) is 0.529. The smallest absolute Gasteiger partial charge is 0.129 e. The van der Waals surface area contributed by atoms with Crippen molar-refractivity contribution < 1.29 is 0 Å². The third-order valence-electron chi connectivity index (χ3n) is 1.81. The Morgan fingerprint density at radius 2 is 2.31 bits per heavy atom. The van der Waals surface area contributed by atoms with Crippen molar-refractivity contribution in [1.82, 2.24) is 4.98 Å². The van der Waals surface area contributed by atoms with Gasteiger partial charge in [0, 0.05) is 10.9 Å². The van der Waals surface area contributed by atoms with Crippen LogP contribution in [0.15, 0.2) is 18.2 Å². The van der Waals surface area contributed by atoms with E-state index >= 15 is 0 Å². The molecule has 68 valence electrons. The largest absolute Gasteiger partial charge is 0.324 e. The second-order valence-corrected chi connectivity index (χ2v) is 4.46. The minimum absolute atomic E-state index is 0.0676. The Morgan fingerprint density at radius 1 is 1.54 bits per heavy atom. The highest BCUT2D eigenvalue weighted by atomic mass is 35.5. The number of fused-ring (bicyclic) bond motifs is 1. The average Bonchev–Trinajstić information content (AvgIpc) is 2.46. The molecular formula is C9H9ClN2S. The lowest BCUT2D eigenvalue weighted by Crippen LogP contribution is -2.01. The molecule has 2 nitrogen and oxygen atoms in total. The first-order valence-corrected chi connectivity index (χ1v) is 5.18. The first-order valence-electron chi connectivity index (χ1n) is 3.98. The lowest BCUT2D eigenvalue weighted by atomic mass is 10.3. The number of hydrogen-bond donors (Lipinski definition) is 1. The van der Waals surface area contributed by atoms with Crippen LogP contribution in [0.5, 0.6) is 0 Å². The Balaban J connectivity index is 2.62. The van der Waals surface area contributed by atoms with Crippen LogP contribution in [0.1, 0.15) is 17.8 Å². The molecule has 0 bridgehead atoms. The monoisotopic (exact) mass is 212 g/mol. The summed E-state index contributed by atoms with van der Waals surface area (Å²) in [5.41, 5.74) is 6.70. The summed E-state index contributed by atoms with van der Waals surface area (Å²) in [5.74, 6) is 0. The maximum Gasteiger partial charge on any atom is 0.129 e. The van der Waals surface area contributed by atoms with Gasteiger partial charge in [0.25, 0.3) is 0 Å². The number of pyridine rings is 1. The number of nitrogens with two attached hydrogens (primary N) is 1. The van der Waals surface area contributed by atoms with Crippen LogP contribution < -0.4 is 5.73 Å². The van der Waals surface area contributed by atoms with Gasteiger partial charge in [-0.1, -0.05) is 11.6 Å². The van der Waals surface area contributed by atoms with Gasteiger partial charge in [-0.3, -0.25) is 0 Å². The second kappa shape index (κ2) is 3.25. The number of rotatable bonds is 1. The maximum atomic E-state index is 5.77. The van der Waals surface area contributed by atoms with Crippen molar-refractivity contribution in [3.8, 4) is 0 Å². The van der Waals surface area contributed by atoms with Crippen molar-refractivity contribution >= 4 is 33.2 Å². The Bertz CT molecular complexity index is 436. The molecule has 0 fully saturated rings. The van der Waals surface area contributed by atoms with E-state index in [-0.39, 0.29) is 6.04 Å². The number of halogens is 1. The molecule has 0 aromatic carbocycles. The first-order chi connectivity index (χ1) is 6.16. The summed E-state index contributed by atoms with van der Waals surface area (Å²) in [6.45, 7) is 1.96. The summed E-state index contributed by atoms with van der Waals surface area (Å²) in [7, 11) is 0. The van der Waals surface area contributed by atoms with Gasteiger partial charge >= 0.3 is 0 Å². The van der Waals surface area contributed by atoms with Gasteiger partial charge in [-0.15, -0.1) is 11.3 Å². The van der Waals surface area contributed by atoms with Gasteiger partial charge in [-0.25, -0.2) is 4.98 Å². The molecule has 2 aromatic heterocycles. The molecule has 2 aromatic rings. The molecule has 0 aliphatic carbocycles. The van der Waals surface area contributed by atoms with Crippen molar-refractivity contribution in [3.05, 3.63) is 28.2 Å². The fraction of sp³-hybridized carbons (Fsp3) is 0.222. The molecule has 2 rings (SSSR count). The van der Waals surface area contributed by atoms with Gasteiger partial charge in [0.1, 0.15) is 5.15 Å². The number of aromatic nitrogens is 1. The summed E-state index contributed by atoms with van der Waals surface area (Å²) in [6.07, 6.45) is 0. The number of hydrogen-bond acceptors (Lipinski definition) is 3. The van der Waals surface area contributed by atoms with Gasteiger partial charge in [0.05, 0.1) is 10.2 Å². The van der Waals surface area contributed by atoms with Crippen LogP contribution in [0.4, 0.5) is 0 Å². The Labute approximate surface area is 85.3 Å². The van der Waals surface area contributed by atoms with E-state index in [1.54, 1.807) is 17.4 Å². The zero-order valence-electron chi connectivity index (χ0n) is 7.12. The van der Waals surface area contributed by atoms with Crippen LogP contribution in [-0.2, 0) is 0 Å². The zero-order valence-corrected chi connectivity index (χ0v) is 8.69. The van der Waals surface area contributed by atoms with E-state index in [9.17, 15) is 0 Å². The highest BCUT2D eigenvalue weighted by Gasteiger charge is 2.06. The Hall–Kier alpha value is -0.640. The van der Waals surface area contributed by atoms with Crippen LogP contribution in [0.3, 0.4) is 0 Å². The van der Waals surface area contributed by atoms with Crippen LogP contribution in [0, 0.1) is 0 Å². The average molecular weight is 213 g/mol. The predicted octanol–water partition coefficient (Wildman–Crippen LogP) is 2.97. The van der Waals surface area contributed by atoms with E-state index in [2.05, 4.69) is 4.98 Å². The van der Waals surface area contributed by atoms with Gasteiger partial charge in [-0.05, 0) is 25.1 Å². The molecule has 2 N–H and O–H groups in total. The third-order valence-corrected chi connectivity index (χ3v) is 3.31. The van der Waals surface area contributed by atoms with Crippen molar-refractivity contribution in [3.63, 3.8) is 0 Å². The SMILES string of the molecule is C[C@H](N)c1cc2nc(Cl)ccc2s1. The molecule has 0 aliphatic heterocycles. The second-order valence-electron chi connectivity index (χ2n) is 2.95. The minimum atomic E-state index is 0.0676.